The largest absolute Gasteiger partial charge is 0.382 e. The minimum atomic E-state index is -3.79. The van der Waals surface area contributed by atoms with Gasteiger partial charge in [0, 0.05) is 43.1 Å². The van der Waals surface area contributed by atoms with Gasteiger partial charge in [0.05, 0.1) is 13.2 Å². The zero-order valence-electron chi connectivity index (χ0n) is 12.0. The van der Waals surface area contributed by atoms with Crippen molar-refractivity contribution in [1.82, 2.24) is 9.55 Å². The van der Waals surface area contributed by atoms with Gasteiger partial charge in [-0.25, -0.2) is 13.4 Å². The first-order valence-electron chi connectivity index (χ1n) is 6.44. The Labute approximate surface area is 124 Å². The fourth-order valence-corrected chi connectivity index (χ4v) is 2.42. The van der Waals surface area contributed by atoms with E-state index in [2.05, 4.69) is 4.98 Å². The van der Waals surface area contributed by atoms with Crippen LogP contribution in [-0.4, -0.2) is 44.9 Å². The quantitative estimate of drug-likeness (QED) is 0.513. The van der Waals surface area contributed by atoms with Gasteiger partial charge in [0.2, 0.25) is 0 Å². The van der Waals surface area contributed by atoms with Gasteiger partial charge in [-0.1, -0.05) is 13.8 Å². The van der Waals surface area contributed by atoms with Gasteiger partial charge in [-0.3, -0.25) is 0 Å². The topological polar surface area (TPSA) is 70.4 Å². The molecular weight excluding hydrogens is 304 g/mol. The molecule has 6 nitrogen and oxygen atoms in total. The molecule has 0 aliphatic carbocycles. The summed E-state index contributed by atoms with van der Waals surface area (Å²) in [4.78, 5) is 4.09. The average molecular weight is 325 g/mol. The molecule has 1 aromatic heterocycles. The van der Waals surface area contributed by atoms with Crippen LogP contribution >= 0.6 is 10.7 Å². The lowest BCUT2D eigenvalue weighted by Gasteiger charge is -2.10. The monoisotopic (exact) mass is 324 g/mol. The zero-order valence-corrected chi connectivity index (χ0v) is 13.6. The molecule has 116 valence electrons. The molecule has 1 heterocycles. The lowest BCUT2D eigenvalue weighted by atomic mass is 10.2. The molecule has 0 atom stereocenters. The lowest BCUT2D eigenvalue weighted by molar-refractivity contribution is 0.0679. The standard InChI is InChI=1S/C12H21ClN2O4S/c1-10(2)12-14-11(20(13,16)17)9-15(12)5-4-6-19-8-7-18-3/h9-10H,4-8H2,1-3H3. The van der Waals surface area contributed by atoms with Crippen LogP contribution in [0, 0.1) is 0 Å². The number of halogens is 1. The Kier molecular flexibility index (Phi) is 6.94. The molecule has 0 spiro atoms. The van der Waals surface area contributed by atoms with Gasteiger partial charge in [0.25, 0.3) is 9.05 Å². The molecule has 8 heteroatoms. The molecule has 0 N–H and O–H groups in total. The van der Waals surface area contributed by atoms with Crippen LogP contribution in [0.25, 0.3) is 0 Å². The Bertz CT molecular complexity index is 514. The van der Waals surface area contributed by atoms with Gasteiger partial charge >= 0.3 is 0 Å². The first-order chi connectivity index (χ1) is 9.36. The number of rotatable bonds is 9. The summed E-state index contributed by atoms with van der Waals surface area (Å²) in [6.07, 6.45) is 2.24. The minimum absolute atomic E-state index is 0.0943. The van der Waals surface area contributed by atoms with Crippen molar-refractivity contribution in [3.8, 4) is 0 Å². The summed E-state index contributed by atoms with van der Waals surface area (Å²) in [6.45, 7) is 6.26. The maximum absolute atomic E-state index is 11.3. The van der Waals surface area contributed by atoms with Crippen molar-refractivity contribution in [2.45, 2.75) is 37.8 Å². The molecule has 1 aromatic rings. The number of ether oxygens (including phenoxy) is 2. The van der Waals surface area contributed by atoms with Gasteiger partial charge in [-0.15, -0.1) is 0 Å². The Balaban J connectivity index is 2.62. The predicted octanol–water partition coefficient (Wildman–Crippen LogP) is 1.99. The highest BCUT2D eigenvalue weighted by Crippen LogP contribution is 2.20. The van der Waals surface area contributed by atoms with Crippen LogP contribution in [0.15, 0.2) is 11.2 Å². The van der Waals surface area contributed by atoms with E-state index in [1.54, 1.807) is 7.11 Å². The Morgan fingerprint density at radius 1 is 1.35 bits per heavy atom. The summed E-state index contributed by atoms with van der Waals surface area (Å²) in [5, 5.41) is -0.0943. The molecule has 20 heavy (non-hydrogen) atoms. The summed E-state index contributed by atoms with van der Waals surface area (Å²) < 4.78 is 34.7. The second-order valence-electron chi connectivity index (χ2n) is 4.68. The first-order valence-corrected chi connectivity index (χ1v) is 8.75. The molecule has 1 rings (SSSR count). The number of hydrogen-bond acceptors (Lipinski definition) is 5. The molecule has 0 bridgehead atoms. The second kappa shape index (κ2) is 7.97. The van der Waals surface area contributed by atoms with E-state index in [-0.39, 0.29) is 10.9 Å². The number of aryl methyl sites for hydroxylation is 1. The Hall–Kier alpha value is -0.630. The highest BCUT2D eigenvalue weighted by molar-refractivity contribution is 8.13. The van der Waals surface area contributed by atoms with Gasteiger partial charge < -0.3 is 14.0 Å². The van der Waals surface area contributed by atoms with Crippen molar-refractivity contribution in [2.24, 2.45) is 0 Å². The van der Waals surface area contributed by atoms with Crippen LogP contribution < -0.4 is 0 Å². The van der Waals surface area contributed by atoms with Gasteiger partial charge in [0.1, 0.15) is 5.82 Å². The van der Waals surface area contributed by atoms with E-state index in [0.717, 1.165) is 6.42 Å². The van der Waals surface area contributed by atoms with Gasteiger partial charge in [-0.2, -0.15) is 0 Å². The van der Waals surface area contributed by atoms with Crippen LogP contribution in [0.3, 0.4) is 0 Å². The summed E-state index contributed by atoms with van der Waals surface area (Å²) >= 11 is 0. The highest BCUT2D eigenvalue weighted by Gasteiger charge is 2.19. The smallest absolute Gasteiger partial charge is 0.280 e. The van der Waals surface area contributed by atoms with Crippen LogP contribution in [0.5, 0.6) is 0 Å². The van der Waals surface area contributed by atoms with Gasteiger partial charge in [0.15, 0.2) is 5.03 Å². The van der Waals surface area contributed by atoms with E-state index in [4.69, 9.17) is 20.2 Å². The molecular formula is C12H21ClN2O4S. The second-order valence-corrected chi connectivity index (χ2v) is 7.19. The number of nitrogens with zero attached hydrogens (tertiary/aromatic N) is 2. The van der Waals surface area contributed by atoms with Crippen LogP contribution in [0.4, 0.5) is 0 Å². The van der Waals surface area contributed by atoms with Crippen molar-refractivity contribution in [3.63, 3.8) is 0 Å². The van der Waals surface area contributed by atoms with E-state index in [1.807, 2.05) is 18.4 Å². The molecule has 0 amide bonds. The van der Waals surface area contributed by atoms with Crippen LogP contribution in [0.1, 0.15) is 32.0 Å². The maximum atomic E-state index is 11.3. The summed E-state index contributed by atoms with van der Waals surface area (Å²) in [6, 6.07) is 0. The number of hydrogen-bond donors (Lipinski definition) is 0. The fourth-order valence-electron chi connectivity index (χ4n) is 1.74. The van der Waals surface area contributed by atoms with E-state index in [9.17, 15) is 8.42 Å². The molecule has 0 aliphatic heterocycles. The third-order valence-corrected chi connectivity index (χ3v) is 3.84. The predicted molar refractivity (Wildman–Crippen MR) is 76.7 cm³/mol. The summed E-state index contributed by atoms with van der Waals surface area (Å²) in [5.74, 6) is 0.831. The molecule has 0 saturated heterocycles. The summed E-state index contributed by atoms with van der Waals surface area (Å²) in [5.41, 5.74) is 0. The molecule has 0 fully saturated rings. The normalized spacial score (nSPS) is 12.2. The van der Waals surface area contributed by atoms with Crippen molar-refractivity contribution < 1.29 is 17.9 Å². The molecule has 0 aliphatic rings. The Morgan fingerprint density at radius 3 is 2.60 bits per heavy atom. The zero-order chi connectivity index (χ0) is 15.2. The molecule has 0 radical (unpaired) electrons. The van der Waals surface area contributed by atoms with Gasteiger partial charge in [-0.05, 0) is 6.42 Å². The van der Waals surface area contributed by atoms with E-state index in [0.29, 0.717) is 32.2 Å². The van der Waals surface area contributed by atoms with Crippen molar-refractivity contribution in [1.29, 1.82) is 0 Å². The van der Waals surface area contributed by atoms with E-state index < -0.39 is 9.05 Å². The number of aromatic nitrogens is 2. The number of imidazole rings is 1. The fraction of sp³-hybridized carbons (Fsp3) is 0.750. The van der Waals surface area contributed by atoms with Crippen LogP contribution in [0.2, 0.25) is 0 Å². The molecule has 0 unspecified atom stereocenters. The molecule has 0 aromatic carbocycles. The van der Waals surface area contributed by atoms with E-state index >= 15 is 0 Å². The SMILES string of the molecule is COCCOCCCn1cc(S(=O)(=O)Cl)nc1C(C)C. The Morgan fingerprint density at radius 2 is 2.05 bits per heavy atom. The highest BCUT2D eigenvalue weighted by atomic mass is 35.7. The molecule has 0 saturated carbocycles. The van der Waals surface area contributed by atoms with Crippen molar-refractivity contribution >= 4 is 19.7 Å². The maximum Gasteiger partial charge on any atom is 0.280 e. The van der Waals surface area contributed by atoms with Crippen molar-refractivity contribution in [2.75, 3.05) is 26.9 Å². The lowest BCUT2D eigenvalue weighted by Crippen LogP contribution is -2.08. The third-order valence-electron chi connectivity index (χ3n) is 2.67. The minimum Gasteiger partial charge on any atom is -0.382 e. The van der Waals surface area contributed by atoms with Crippen LogP contribution in [-0.2, 0) is 25.1 Å². The van der Waals surface area contributed by atoms with E-state index in [1.165, 1.54) is 6.20 Å². The average Bonchev–Trinajstić information content (AvgIpc) is 2.77. The number of methoxy groups -OCH3 is 1. The first kappa shape index (κ1) is 17.4. The van der Waals surface area contributed by atoms with Crippen molar-refractivity contribution in [3.05, 3.63) is 12.0 Å². The third kappa shape index (κ3) is 5.40. The summed E-state index contributed by atoms with van der Waals surface area (Å²) in [7, 11) is 3.16.